The highest BCUT2D eigenvalue weighted by molar-refractivity contribution is 5.23. The second kappa shape index (κ2) is 4.41. The molecule has 94 valence electrons. The molecular formula is C9H13N3O5. The third kappa shape index (κ3) is 2.29. The van der Waals surface area contributed by atoms with Crippen LogP contribution < -0.4 is 11.4 Å². The summed E-state index contributed by atoms with van der Waals surface area (Å²) in [6.07, 6.45) is -3.30. The van der Waals surface area contributed by atoms with E-state index in [0.717, 1.165) is 4.57 Å². The predicted octanol–water partition coefficient (Wildman–Crippen LogP) is -2.22. The van der Waals surface area contributed by atoms with Crippen molar-refractivity contribution in [2.24, 2.45) is 0 Å². The Bertz CT molecular complexity index is 460. The maximum atomic E-state index is 11.5. The monoisotopic (exact) mass is 243 g/mol. The van der Waals surface area contributed by atoms with Gasteiger partial charge in [-0.25, -0.2) is 4.79 Å². The van der Waals surface area contributed by atoms with Crippen molar-refractivity contribution < 1.29 is 20.1 Å². The van der Waals surface area contributed by atoms with Gasteiger partial charge in [-0.2, -0.15) is 4.98 Å². The van der Waals surface area contributed by atoms with Crippen molar-refractivity contribution in [1.29, 1.82) is 0 Å². The lowest BCUT2D eigenvalue weighted by atomic mass is 10.2. The molecular weight excluding hydrogens is 230 g/mol. The highest BCUT2D eigenvalue weighted by atomic mass is 16.6. The number of aliphatic hydroxyl groups excluding tert-OH is 2. The van der Waals surface area contributed by atoms with Crippen molar-refractivity contribution in [2.75, 3.05) is 5.73 Å². The maximum Gasteiger partial charge on any atom is 0.351 e. The molecule has 8 heteroatoms. The van der Waals surface area contributed by atoms with Crippen LogP contribution in [0.15, 0.2) is 17.1 Å². The van der Waals surface area contributed by atoms with E-state index >= 15 is 0 Å². The molecule has 0 aliphatic carbocycles. The van der Waals surface area contributed by atoms with Crippen LogP contribution in [0.5, 0.6) is 0 Å². The minimum atomic E-state index is -1.80. The topological polar surface area (TPSA) is 131 Å². The number of nitrogen functional groups attached to an aromatic ring is 1. The van der Waals surface area contributed by atoms with Gasteiger partial charge in [-0.1, -0.05) is 0 Å². The van der Waals surface area contributed by atoms with E-state index in [0.29, 0.717) is 0 Å². The number of rotatable bonds is 2. The second-order valence-electron chi connectivity index (χ2n) is 3.81. The van der Waals surface area contributed by atoms with Crippen LogP contribution in [0.25, 0.3) is 0 Å². The Hall–Kier alpha value is -1.48. The smallest absolute Gasteiger partial charge is 0.351 e. The molecule has 1 aromatic rings. The van der Waals surface area contributed by atoms with Gasteiger partial charge in [0.15, 0.2) is 6.29 Å². The molecule has 5 N–H and O–H groups in total. The molecule has 0 saturated carbocycles. The molecule has 0 bridgehead atoms. The normalized spacial score (nSPS) is 28.8. The number of nitrogens with two attached hydrogens (primary N) is 1. The molecule has 0 spiro atoms. The molecule has 8 nitrogen and oxygen atoms in total. The molecule has 1 aliphatic heterocycles. The number of aliphatic hydroxyl groups is 3. The number of hydrogen-bond acceptors (Lipinski definition) is 7. The molecule has 0 aromatic carbocycles. The zero-order chi connectivity index (χ0) is 12.6. The van der Waals surface area contributed by atoms with Crippen LogP contribution >= 0.6 is 0 Å². The molecule has 1 fully saturated rings. The average molecular weight is 243 g/mol. The summed E-state index contributed by atoms with van der Waals surface area (Å²) in [4.78, 5) is 15.0. The Morgan fingerprint density at radius 3 is 2.82 bits per heavy atom. The fourth-order valence-corrected chi connectivity index (χ4v) is 1.76. The molecule has 3 atom stereocenters. The Balaban J connectivity index is 2.23. The standard InChI is InChI=1S/C9H13N3O5/c10-5-1-2-12(9(16)11-5)6-3-4(13)7(17-6)8(14)15/h1-2,4,6-8,13-15H,3H2,(H2,10,11,16)/t4-,6+,7-/m0/s1. The highest BCUT2D eigenvalue weighted by Crippen LogP contribution is 2.28. The van der Waals surface area contributed by atoms with Gasteiger partial charge in [-0.3, -0.25) is 4.57 Å². The van der Waals surface area contributed by atoms with Crippen LogP contribution in [-0.2, 0) is 4.74 Å². The second-order valence-corrected chi connectivity index (χ2v) is 3.81. The Morgan fingerprint density at radius 1 is 1.59 bits per heavy atom. The average Bonchev–Trinajstić information content (AvgIpc) is 2.60. The highest BCUT2D eigenvalue weighted by Gasteiger charge is 2.39. The van der Waals surface area contributed by atoms with Gasteiger partial charge >= 0.3 is 5.69 Å². The molecule has 17 heavy (non-hydrogen) atoms. The predicted molar refractivity (Wildman–Crippen MR) is 55.7 cm³/mol. The first kappa shape index (κ1) is 12.0. The van der Waals surface area contributed by atoms with E-state index in [1.165, 1.54) is 12.3 Å². The van der Waals surface area contributed by atoms with Gasteiger partial charge in [0.05, 0.1) is 6.10 Å². The quantitative estimate of drug-likeness (QED) is 0.433. The zero-order valence-corrected chi connectivity index (χ0v) is 8.80. The van der Waals surface area contributed by atoms with Gasteiger partial charge in [0.1, 0.15) is 18.1 Å². The summed E-state index contributed by atoms with van der Waals surface area (Å²) in [7, 11) is 0. The van der Waals surface area contributed by atoms with Crippen LogP contribution in [0.2, 0.25) is 0 Å². The number of ether oxygens (including phenoxy) is 1. The van der Waals surface area contributed by atoms with Crippen LogP contribution in [0.1, 0.15) is 12.6 Å². The molecule has 0 unspecified atom stereocenters. The van der Waals surface area contributed by atoms with E-state index < -0.39 is 30.4 Å². The van der Waals surface area contributed by atoms with Crippen molar-refractivity contribution in [3.63, 3.8) is 0 Å². The minimum Gasteiger partial charge on any atom is -0.390 e. The minimum absolute atomic E-state index is 0.0772. The SMILES string of the molecule is Nc1ccn([C@H]2C[C@H](O)[C@@H](C(O)O)O2)c(=O)n1. The summed E-state index contributed by atoms with van der Waals surface area (Å²) in [6, 6.07) is 1.42. The van der Waals surface area contributed by atoms with Crippen molar-refractivity contribution in [1.82, 2.24) is 9.55 Å². The summed E-state index contributed by atoms with van der Waals surface area (Å²) >= 11 is 0. The zero-order valence-electron chi connectivity index (χ0n) is 8.80. The summed E-state index contributed by atoms with van der Waals surface area (Å²) in [5, 5.41) is 27.4. The van der Waals surface area contributed by atoms with E-state index in [1.807, 2.05) is 0 Å². The first-order chi connectivity index (χ1) is 7.99. The lowest BCUT2D eigenvalue weighted by molar-refractivity contribution is -0.168. The summed E-state index contributed by atoms with van der Waals surface area (Å²) in [5.41, 5.74) is 4.72. The van der Waals surface area contributed by atoms with Crippen LogP contribution in [0.4, 0.5) is 5.82 Å². The summed E-state index contributed by atoms with van der Waals surface area (Å²) in [5.74, 6) is 0.0866. The van der Waals surface area contributed by atoms with Gasteiger partial charge in [-0.05, 0) is 6.07 Å². The molecule has 2 rings (SSSR count). The number of nitrogens with zero attached hydrogens (tertiary/aromatic N) is 2. The van der Waals surface area contributed by atoms with E-state index in [-0.39, 0.29) is 12.2 Å². The molecule has 1 aliphatic rings. The van der Waals surface area contributed by atoms with Crippen LogP contribution in [-0.4, -0.2) is 43.4 Å². The lowest BCUT2D eigenvalue weighted by Gasteiger charge is -2.17. The third-order valence-corrected chi connectivity index (χ3v) is 2.59. The number of aromatic nitrogens is 2. The Kier molecular flexibility index (Phi) is 3.11. The van der Waals surface area contributed by atoms with Gasteiger partial charge in [0.2, 0.25) is 0 Å². The van der Waals surface area contributed by atoms with Crippen LogP contribution in [0, 0.1) is 0 Å². The Morgan fingerprint density at radius 2 is 2.29 bits per heavy atom. The van der Waals surface area contributed by atoms with E-state index in [9.17, 15) is 9.90 Å². The summed E-state index contributed by atoms with van der Waals surface area (Å²) < 4.78 is 6.31. The van der Waals surface area contributed by atoms with Gasteiger partial charge in [0.25, 0.3) is 0 Å². The van der Waals surface area contributed by atoms with Crippen molar-refractivity contribution in [3.05, 3.63) is 22.7 Å². The van der Waals surface area contributed by atoms with E-state index in [2.05, 4.69) is 4.98 Å². The molecule has 2 heterocycles. The van der Waals surface area contributed by atoms with Crippen molar-refractivity contribution in [3.8, 4) is 0 Å². The van der Waals surface area contributed by atoms with E-state index in [4.69, 9.17) is 20.7 Å². The van der Waals surface area contributed by atoms with E-state index in [1.54, 1.807) is 0 Å². The van der Waals surface area contributed by atoms with Gasteiger partial charge in [-0.15, -0.1) is 0 Å². The van der Waals surface area contributed by atoms with Gasteiger partial charge < -0.3 is 25.8 Å². The molecule has 0 amide bonds. The summed E-state index contributed by atoms with van der Waals surface area (Å²) in [6.45, 7) is 0. The lowest BCUT2D eigenvalue weighted by Crippen LogP contribution is -2.34. The first-order valence-electron chi connectivity index (χ1n) is 5.03. The van der Waals surface area contributed by atoms with Crippen molar-refractivity contribution >= 4 is 5.82 Å². The first-order valence-corrected chi connectivity index (χ1v) is 5.03. The van der Waals surface area contributed by atoms with Crippen molar-refractivity contribution in [2.45, 2.75) is 31.1 Å². The third-order valence-electron chi connectivity index (χ3n) is 2.59. The fraction of sp³-hybridized carbons (Fsp3) is 0.556. The largest absolute Gasteiger partial charge is 0.390 e. The molecule has 1 saturated heterocycles. The molecule has 0 radical (unpaired) electrons. The fourth-order valence-electron chi connectivity index (χ4n) is 1.76. The van der Waals surface area contributed by atoms with Gasteiger partial charge in [0, 0.05) is 12.6 Å². The maximum absolute atomic E-state index is 11.5. The number of anilines is 1. The van der Waals surface area contributed by atoms with Crippen LogP contribution in [0.3, 0.4) is 0 Å². The number of hydrogen-bond donors (Lipinski definition) is 4. The molecule has 1 aromatic heterocycles. The Labute approximate surface area is 95.9 Å².